The number of hydrogen-bond acceptors (Lipinski definition) is 2. The third-order valence-electron chi connectivity index (χ3n) is 0.935. The second-order valence-electron chi connectivity index (χ2n) is 1.47. The molecule has 0 aromatic heterocycles. The molecule has 0 saturated heterocycles. The molecular weight excluding hydrogens is 195 g/mol. The van der Waals surface area contributed by atoms with E-state index in [1.54, 1.807) is 7.05 Å². The predicted octanol–water partition coefficient (Wildman–Crippen LogP) is -0.119. The molecule has 0 aliphatic rings. The average Bonchev–Trinajstić information content (AvgIpc) is 1.69. The fraction of sp³-hybridized carbons (Fsp3) is 0.600. The second-order valence-corrected chi connectivity index (χ2v) is 1.47. The molecule has 0 spiro atoms. The van der Waals surface area contributed by atoms with Crippen molar-refractivity contribution in [3.05, 3.63) is 6.92 Å². The van der Waals surface area contributed by atoms with E-state index in [4.69, 9.17) is 5.11 Å². The summed E-state index contributed by atoms with van der Waals surface area (Å²) >= 11 is 0. The molecule has 1 atom stereocenters. The summed E-state index contributed by atoms with van der Waals surface area (Å²) in [6.45, 7) is 3.43. The van der Waals surface area contributed by atoms with E-state index in [9.17, 15) is 4.79 Å². The quantitative estimate of drug-likeness (QED) is 0.631. The van der Waals surface area contributed by atoms with Crippen LogP contribution in [0.1, 0.15) is 6.42 Å². The first-order valence-corrected chi connectivity index (χ1v) is 2.41. The first-order chi connectivity index (χ1) is 3.72. The number of hydrogen-bond donors (Lipinski definition) is 2. The van der Waals surface area contributed by atoms with E-state index >= 15 is 0 Å². The average molecular weight is 205 g/mol. The summed E-state index contributed by atoms with van der Waals surface area (Å²) in [6.07, 6.45) is 0.381. The first-order valence-electron chi connectivity index (χ1n) is 2.41. The van der Waals surface area contributed by atoms with Crippen molar-refractivity contribution in [1.82, 2.24) is 5.32 Å². The van der Waals surface area contributed by atoms with Crippen molar-refractivity contribution >= 4 is 5.97 Å². The molecule has 0 rings (SSSR count). The maximum Gasteiger partial charge on any atom is 0.317 e. The number of carbonyl (C=O) groups is 1. The van der Waals surface area contributed by atoms with Gasteiger partial charge in [0.15, 0.2) is 0 Å². The van der Waals surface area contributed by atoms with E-state index in [2.05, 4.69) is 12.2 Å². The molecule has 0 amide bonds. The number of carboxylic acid groups (broad SMARTS) is 1. The Morgan fingerprint density at radius 2 is 2.33 bits per heavy atom. The monoisotopic (exact) mass is 205 g/mol. The summed E-state index contributed by atoms with van der Waals surface area (Å²) in [7, 11) is 1.60. The van der Waals surface area contributed by atoms with E-state index in [1.807, 2.05) is 0 Å². The zero-order valence-electron chi connectivity index (χ0n) is 5.42. The molecule has 1 radical (unpaired) electrons. The standard InChI is InChI=1S/C5H10NO2.Y/c1-3-4(6-2)5(7)8;/h4,6H,1,3H2,2H3,(H,7,8);/q-1;/t4-;/m1./s1. The summed E-state index contributed by atoms with van der Waals surface area (Å²) < 4.78 is 0. The molecule has 3 nitrogen and oxygen atoms in total. The zero-order chi connectivity index (χ0) is 6.57. The number of carboxylic acids is 1. The minimum Gasteiger partial charge on any atom is -0.480 e. The minimum absolute atomic E-state index is 0. The molecular formula is C5H10NO2Y-. The van der Waals surface area contributed by atoms with E-state index in [0.29, 0.717) is 6.42 Å². The molecule has 0 aromatic carbocycles. The van der Waals surface area contributed by atoms with Crippen LogP contribution in [0.3, 0.4) is 0 Å². The number of rotatable bonds is 3. The van der Waals surface area contributed by atoms with E-state index in [1.165, 1.54) is 0 Å². The fourth-order valence-electron chi connectivity index (χ4n) is 0.391. The summed E-state index contributed by atoms with van der Waals surface area (Å²) in [6, 6.07) is -0.491. The van der Waals surface area contributed by atoms with Crippen molar-refractivity contribution < 1.29 is 42.6 Å². The van der Waals surface area contributed by atoms with Crippen LogP contribution in [-0.4, -0.2) is 24.2 Å². The molecule has 0 unspecified atom stereocenters. The Labute approximate surface area is 80.1 Å². The normalized spacial score (nSPS) is 11.8. The van der Waals surface area contributed by atoms with Crippen LogP contribution < -0.4 is 5.32 Å². The third-order valence-corrected chi connectivity index (χ3v) is 0.935. The van der Waals surface area contributed by atoms with E-state index in [-0.39, 0.29) is 32.7 Å². The summed E-state index contributed by atoms with van der Waals surface area (Å²) in [5.74, 6) is -0.845. The van der Waals surface area contributed by atoms with Gasteiger partial charge >= 0.3 is 5.97 Å². The SMILES string of the molecule is [CH2-]C[C@@H](NC)C(=O)O.[Y]. The van der Waals surface area contributed by atoms with Crippen LogP contribution in [0.15, 0.2) is 0 Å². The second kappa shape index (κ2) is 6.65. The molecule has 2 N–H and O–H groups in total. The van der Waals surface area contributed by atoms with Crippen molar-refractivity contribution in [3.8, 4) is 0 Å². The summed E-state index contributed by atoms with van der Waals surface area (Å²) in [5.41, 5.74) is 0. The largest absolute Gasteiger partial charge is 0.480 e. The smallest absolute Gasteiger partial charge is 0.317 e. The van der Waals surface area contributed by atoms with Crippen LogP contribution in [0.2, 0.25) is 0 Å². The predicted molar refractivity (Wildman–Crippen MR) is 30.5 cm³/mol. The van der Waals surface area contributed by atoms with Gasteiger partial charge in [-0.25, -0.2) is 0 Å². The van der Waals surface area contributed by atoms with Gasteiger partial charge in [-0.05, 0) is 7.05 Å². The molecule has 0 aromatic rings. The van der Waals surface area contributed by atoms with Gasteiger partial charge in [-0.15, -0.1) is 0 Å². The van der Waals surface area contributed by atoms with E-state index in [0.717, 1.165) is 0 Å². The Hall–Kier alpha value is 0.534. The molecule has 9 heavy (non-hydrogen) atoms. The van der Waals surface area contributed by atoms with Crippen LogP contribution in [0.25, 0.3) is 0 Å². The van der Waals surface area contributed by atoms with E-state index < -0.39 is 12.0 Å². The Morgan fingerprint density at radius 1 is 1.89 bits per heavy atom. The number of likely N-dealkylation sites (N-methyl/N-ethyl adjacent to an activating group) is 1. The van der Waals surface area contributed by atoms with Gasteiger partial charge in [0.1, 0.15) is 0 Å². The van der Waals surface area contributed by atoms with Gasteiger partial charge in [0.2, 0.25) is 0 Å². The van der Waals surface area contributed by atoms with Gasteiger partial charge < -0.3 is 17.3 Å². The zero-order valence-corrected chi connectivity index (χ0v) is 8.26. The first kappa shape index (κ1) is 12.2. The van der Waals surface area contributed by atoms with Gasteiger partial charge in [0, 0.05) is 32.7 Å². The van der Waals surface area contributed by atoms with Crippen molar-refractivity contribution in [3.63, 3.8) is 0 Å². The minimum atomic E-state index is -0.845. The third kappa shape index (κ3) is 5.00. The van der Waals surface area contributed by atoms with Crippen molar-refractivity contribution in [2.24, 2.45) is 0 Å². The molecule has 0 bridgehead atoms. The molecule has 0 aliphatic carbocycles. The van der Waals surface area contributed by atoms with Crippen LogP contribution in [0.5, 0.6) is 0 Å². The molecule has 0 fully saturated rings. The molecule has 0 saturated carbocycles. The maximum atomic E-state index is 10.1. The van der Waals surface area contributed by atoms with Crippen molar-refractivity contribution in [2.45, 2.75) is 12.5 Å². The number of nitrogens with one attached hydrogen (secondary N) is 1. The summed E-state index contributed by atoms with van der Waals surface area (Å²) in [5, 5.41) is 10.9. The van der Waals surface area contributed by atoms with Crippen molar-refractivity contribution in [2.75, 3.05) is 7.05 Å². The van der Waals surface area contributed by atoms with Crippen LogP contribution in [0.4, 0.5) is 0 Å². The van der Waals surface area contributed by atoms with Crippen molar-refractivity contribution in [1.29, 1.82) is 0 Å². The molecule has 4 heteroatoms. The fourth-order valence-corrected chi connectivity index (χ4v) is 0.391. The van der Waals surface area contributed by atoms with Gasteiger partial charge in [0.05, 0.1) is 6.04 Å². The molecule has 0 aliphatic heterocycles. The van der Waals surface area contributed by atoms with Crippen LogP contribution in [0, 0.1) is 6.92 Å². The van der Waals surface area contributed by atoms with Gasteiger partial charge in [0.25, 0.3) is 0 Å². The van der Waals surface area contributed by atoms with Gasteiger partial charge in [-0.1, -0.05) is 0 Å². The maximum absolute atomic E-state index is 10.1. The Balaban J connectivity index is 0. The Morgan fingerprint density at radius 3 is 2.33 bits per heavy atom. The van der Waals surface area contributed by atoms with Gasteiger partial charge in [-0.3, -0.25) is 4.79 Å². The van der Waals surface area contributed by atoms with Crippen LogP contribution in [-0.2, 0) is 37.5 Å². The Kier molecular flexibility index (Phi) is 9.04. The topological polar surface area (TPSA) is 49.3 Å². The Bertz CT molecular complexity index is 83.0. The van der Waals surface area contributed by atoms with Crippen LogP contribution >= 0.6 is 0 Å². The number of aliphatic carboxylic acids is 1. The summed E-state index contributed by atoms with van der Waals surface area (Å²) in [4.78, 5) is 10.1. The molecule has 51 valence electrons. The molecule has 0 heterocycles. The van der Waals surface area contributed by atoms with Gasteiger partial charge in [-0.2, -0.15) is 6.42 Å².